The minimum atomic E-state index is -1.18. The van der Waals surface area contributed by atoms with Crippen molar-refractivity contribution in [3.05, 3.63) is 60.3 Å². The fourth-order valence-electron chi connectivity index (χ4n) is 2.38. The van der Waals surface area contributed by atoms with Gasteiger partial charge in [-0.2, -0.15) is 0 Å². The topological polar surface area (TPSA) is 92.4 Å². The van der Waals surface area contributed by atoms with E-state index in [4.69, 9.17) is 16.0 Å². The first kappa shape index (κ1) is 17.7. The molecule has 0 saturated carbocycles. The molecule has 0 aliphatic rings. The summed E-state index contributed by atoms with van der Waals surface area (Å²) in [6, 6.07) is 15.7. The van der Waals surface area contributed by atoms with Crippen molar-refractivity contribution in [2.45, 2.75) is 6.42 Å². The lowest BCUT2D eigenvalue weighted by Crippen LogP contribution is -2.11. The summed E-state index contributed by atoms with van der Waals surface area (Å²) < 4.78 is 5.71. The molecule has 0 spiro atoms. The SMILES string of the molecule is O=C(CCCl)Nc1ccc(-c2oc(-c3ccccc3)nc2C(=O)O)cc1. The van der Waals surface area contributed by atoms with Crippen molar-refractivity contribution >= 4 is 29.2 Å². The van der Waals surface area contributed by atoms with Gasteiger partial charge in [0.2, 0.25) is 11.8 Å². The molecular formula is C19H15ClN2O4. The maximum atomic E-state index is 11.6. The highest BCUT2D eigenvalue weighted by atomic mass is 35.5. The summed E-state index contributed by atoms with van der Waals surface area (Å²) in [5, 5.41) is 12.1. The Labute approximate surface area is 154 Å². The van der Waals surface area contributed by atoms with Crippen LogP contribution in [0.5, 0.6) is 0 Å². The van der Waals surface area contributed by atoms with Gasteiger partial charge in [0, 0.05) is 29.1 Å². The molecule has 0 radical (unpaired) electrons. The third-order valence-electron chi connectivity index (χ3n) is 3.60. The molecule has 1 heterocycles. The number of carboxylic acids is 1. The molecule has 1 aromatic heterocycles. The molecule has 132 valence electrons. The summed E-state index contributed by atoms with van der Waals surface area (Å²) in [5.74, 6) is -0.727. The maximum Gasteiger partial charge on any atom is 0.358 e. The number of halogens is 1. The van der Waals surface area contributed by atoms with Crippen LogP contribution in [0.15, 0.2) is 59.0 Å². The Hall–Kier alpha value is -3.12. The van der Waals surface area contributed by atoms with Gasteiger partial charge in [0.15, 0.2) is 11.5 Å². The van der Waals surface area contributed by atoms with Crippen LogP contribution in [-0.4, -0.2) is 27.8 Å². The number of rotatable bonds is 6. The molecule has 3 aromatic rings. The third kappa shape index (κ3) is 3.92. The van der Waals surface area contributed by atoms with Crippen LogP contribution in [0.25, 0.3) is 22.8 Å². The fraction of sp³-hybridized carbons (Fsp3) is 0.105. The van der Waals surface area contributed by atoms with Crippen molar-refractivity contribution in [3.8, 4) is 22.8 Å². The smallest absolute Gasteiger partial charge is 0.358 e. The number of carbonyl (C=O) groups is 2. The Balaban J connectivity index is 1.92. The fourth-order valence-corrected chi connectivity index (χ4v) is 2.55. The first-order valence-corrected chi connectivity index (χ1v) is 8.37. The summed E-state index contributed by atoms with van der Waals surface area (Å²) in [6.45, 7) is 0. The molecule has 0 saturated heterocycles. The minimum absolute atomic E-state index is 0.162. The lowest BCUT2D eigenvalue weighted by molar-refractivity contribution is -0.115. The van der Waals surface area contributed by atoms with E-state index in [1.807, 2.05) is 18.2 Å². The highest BCUT2D eigenvalue weighted by Gasteiger charge is 2.21. The first-order chi connectivity index (χ1) is 12.6. The lowest BCUT2D eigenvalue weighted by atomic mass is 10.1. The van der Waals surface area contributed by atoms with E-state index in [0.29, 0.717) is 16.8 Å². The number of amides is 1. The van der Waals surface area contributed by atoms with E-state index in [2.05, 4.69) is 10.3 Å². The van der Waals surface area contributed by atoms with Gasteiger partial charge in [-0.15, -0.1) is 11.6 Å². The van der Waals surface area contributed by atoms with E-state index in [0.717, 1.165) is 0 Å². The molecule has 7 heteroatoms. The number of hydrogen-bond donors (Lipinski definition) is 2. The second kappa shape index (κ2) is 7.84. The van der Waals surface area contributed by atoms with Crippen molar-refractivity contribution in [2.75, 3.05) is 11.2 Å². The Kier molecular flexibility index (Phi) is 5.34. The average molecular weight is 371 g/mol. The Morgan fingerprint density at radius 3 is 2.35 bits per heavy atom. The van der Waals surface area contributed by atoms with Gasteiger partial charge in [-0.25, -0.2) is 9.78 Å². The number of anilines is 1. The Morgan fingerprint density at radius 1 is 1.04 bits per heavy atom. The summed E-state index contributed by atoms with van der Waals surface area (Å²) >= 11 is 5.53. The molecule has 0 atom stereocenters. The first-order valence-electron chi connectivity index (χ1n) is 7.84. The number of aromatic nitrogens is 1. The molecule has 0 bridgehead atoms. The molecule has 1 amide bonds. The molecule has 6 nitrogen and oxygen atoms in total. The third-order valence-corrected chi connectivity index (χ3v) is 3.79. The molecule has 0 aliphatic carbocycles. The number of oxazole rings is 1. The Morgan fingerprint density at radius 2 is 1.73 bits per heavy atom. The van der Waals surface area contributed by atoms with Crippen LogP contribution in [0.2, 0.25) is 0 Å². The molecule has 3 rings (SSSR count). The van der Waals surface area contributed by atoms with Crippen LogP contribution in [0.1, 0.15) is 16.9 Å². The summed E-state index contributed by atoms with van der Waals surface area (Å²) in [4.78, 5) is 27.2. The number of aromatic carboxylic acids is 1. The predicted molar refractivity (Wildman–Crippen MR) is 98.3 cm³/mol. The van der Waals surface area contributed by atoms with Gasteiger partial charge < -0.3 is 14.8 Å². The zero-order valence-corrected chi connectivity index (χ0v) is 14.4. The van der Waals surface area contributed by atoms with E-state index in [-0.39, 0.29) is 35.6 Å². The van der Waals surface area contributed by atoms with Crippen molar-refractivity contribution in [3.63, 3.8) is 0 Å². The number of alkyl halides is 1. The van der Waals surface area contributed by atoms with E-state index >= 15 is 0 Å². The van der Waals surface area contributed by atoms with E-state index < -0.39 is 5.97 Å². The number of nitrogens with zero attached hydrogens (tertiary/aromatic N) is 1. The summed E-state index contributed by atoms with van der Waals surface area (Å²) in [5.41, 5.74) is 1.66. The number of carboxylic acid groups (broad SMARTS) is 1. The Bertz CT molecular complexity index is 920. The average Bonchev–Trinajstić information content (AvgIpc) is 3.09. The van der Waals surface area contributed by atoms with E-state index in [1.165, 1.54) is 0 Å². The number of benzene rings is 2. The zero-order valence-electron chi connectivity index (χ0n) is 13.6. The van der Waals surface area contributed by atoms with Crippen molar-refractivity contribution in [2.24, 2.45) is 0 Å². The van der Waals surface area contributed by atoms with Gasteiger partial charge in [-0.3, -0.25) is 4.79 Å². The number of nitrogens with one attached hydrogen (secondary N) is 1. The van der Waals surface area contributed by atoms with Crippen LogP contribution in [-0.2, 0) is 4.79 Å². The monoisotopic (exact) mass is 370 g/mol. The predicted octanol–water partition coefficient (Wildman–Crippen LogP) is 4.27. The normalized spacial score (nSPS) is 10.5. The van der Waals surface area contributed by atoms with Gasteiger partial charge >= 0.3 is 5.97 Å². The number of hydrogen-bond acceptors (Lipinski definition) is 4. The second-order valence-electron chi connectivity index (χ2n) is 5.43. The van der Waals surface area contributed by atoms with Crippen molar-refractivity contribution < 1.29 is 19.1 Å². The molecule has 2 aromatic carbocycles. The summed E-state index contributed by atoms with van der Waals surface area (Å²) in [7, 11) is 0. The standard InChI is InChI=1S/C19H15ClN2O4/c20-11-10-15(23)21-14-8-6-12(7-9-14)17-16(19(24)25)22-18(26-17)13-4-2-1-3-5-13/h1-9H,10-11H2,(H,21,23)(H,24,25). The van der Waals surface area contributed by atoms with Crippen LogP contribution in [0, 0.1) is 0 Å². The minimum Gasteiger partial charge on any atom is -0.476 e. The maximum absolute atomic E-state index is 11.6. The molecule has 2 N–H and O–H groups in total. The van der Waals surface area contributed by atoms with Crippen molar-refractivity contribution in [1.82, 2.24) is 4.98 Å². The van der Waals surface area contributed by atoms with Gasteiger partial charge in [-0.1, -0.05) is 18.2 Å². The van der Waals surface area contributed by atoms with E-state index in [1.54, 1.807) is 36.4 Å². The molecule has 0 aliphatic heterocycles. The molecular weight excluding hydrogens is 356 g/mol. The molecule has 26 heavy (non-hydrogen) atoms. The molecule has 0 fully saturated rings. The van der Waals surface area contributed by atoms with Gasteiger partial charge in [0.25, 0.3) is 0 Å². The highest BCUT2D eigenvalue weighted by molar-refractivity contribution is 6.19. The second-order valence-corrected chi connectivity index (χ2v) is 5.81. The van der Waals surface area contributed by atoms with Crippen LogP contribution >= 0.6 is 11.6 Å². The molecule has 0 unspecified atom stereocenters. The van der Waals surface area contributed by atoms with Gasteiger partial charge in [0.1, 0.15) is 0 Å². The largest absolute Gasteiger partial charge is 0.476 e. The van der Waals surface area contributed by atoms with Gasteiger partial charge in [-0.05, 0) is 36.4 Å². The van der Waals surface area contributed by atoms with Crippen LogP contribution in [0.4, 0.5) is 5.69 Å². The lowest BCUT2D eigenvalue weighted by Gasteiger charge is -2.05. The van der Waals surface area contributed by atoms with Gasteiger partial charge in [0.05, 0.1) is 0 Å². The van der Waals surface area contributed by atoms with E-state index in [9.17, 15) is 14.7 Å². The van der Waals surface area contributed by atoms with Crippen molar-refractivity contribution in [1.29, 1.82) is 0 Å². The highest BCUT2D eigenvalue weighted by Crippen LogP contribution is 2.30. The zero-order chi connectivity index (χ0) is 18.5. The number of carbonyl (C=O) groups excluding carboxylic acids is 1. The van der Waals surface area contributed by atoms with Crippen LogP contribution in [0.3, 0.4) is 0 Å². The van der Waals surface area contributed by atoms with Crippen LogP contribution < -0.4 is 5.32 Å². The summed E-state index contributed by atoms with van der Waals surface area (Å²) in [6.07, 6.45) is 0.217. The quantitative estimate of drug-likeness (QED) is 0.632.